The molecule has 1 fully saturated rings. The average Bonchev–Trinajstić information content (AvgIpc) is 3.23. The predicted octanol–water partition coefficient (Wildman–Crippen LogP) is 4.06. The summed E-state index contributed by atoms with van der Waals surface area (Å²) >= 11 is 11.5. The van der Waals surface area contributed by atoms with Crippen LogP contribution in [0, 0.1) is 0 Å². The standard InChI is InChI=1S/C17H20ClN3OS/c18-13-6-1-2-7-14(13)20-17(23)19-12-15(16-8-5-11-22-16)21-9-3-4-10-21/h1-2,5-8,11,15H,3-4,9-10,12H2,(H2,19,20,23). The van der Waals surface area contributed by atoms with Crippen LogP contribution in [-0.4, -0.2) is 29.6 Å². The number of benzene rings is 1. The van der Waals surface area contributed by atoms with E-state index in [0.717, 1.165) is 24.5 Å². The van der Waals surface area contributed by atoms with Crippen molar-refractivity contribution < 1.29 is 4.42 Å². The van der Waals surface area contributed by atoms with E-state index in [1.165, 1.54) is 12.8 Å². The zero-order valence-electron chi connectivity index (χ0n) is 12.8. The van der Waals surface area contributed by atoms with Crippen molar-refractivity contribution in [3.05, 3.63) is 53.4 Å². The van der Waals surface area contributed by atoms with E-state index in [1.54, 1.807) is 6.26 Å². The molecule has 0 radical (unpaired) electrons. The zero-order chi connectivity index (χ0) is 16.1. The topological polar surface area (TPSA) is 40.4 Å². The lowest BCUT2D eigenvalue weighted by molar-refractivity contribution is 0.216. The molecule has 0 saturated carbocycles. The van der Waals surface area contributed by atoms with Gasteiger partial charge in [0.05, 0.1) is 23.0 Å². The first-order valence-corrected chi connectivity index (χ1v) is 8.59. The van der Waals surface area contributed by atoms with Gasteiger partial charge in [-0.05, 0) is 62.4 Å². The molecule has 1 aromatic heterocycles. The van der Waals surface area contributed by atoms with Gasteiger partial charge in [-0.3, -0.25) is 4.90 Å². The third kappa shape index (κ3) is 4.25. The molecular formula is C17H20ClN3OS. The minimum absolute atomic E-state index is 0.193. The maximum atomic E-state index is 6.14. The van der Waals surface area contributed by atoms with Crippen molar-refractivity contribution >= 4 is 34.6 Å². The molecule has 0 spiro atoms. The molecule has 1 saturated heterocycles. The molecule has 0 bridgehead atoms. The Morgan fingerprint density at radius 1 is 1.22 bits per heavy atom. The van der Waals surface area contributed by atoms with Crippen LogP contribution >= 0.6 is 23.8 Å². The highest BCUT2D eigenvalue weighted by atomic mass is 35.5. The average molecular weight is 350 g/mol. The molecule has 1 atom stereocenters. The predicted molar refractivity (Wildman–Crippen MR) is 97.9 cm³/mol. The molecule has 0 aliphatic carbocycles. The molecule has 6 heteroatoms. The molecule has 4 nitrogen and oxygen atoms in total. The van der Waals surface area contributed by atoms with Gasteiger partial charge < -0.3 is 15.1 Å². The molecule has 1 aliphatic heterocycles. The van der Waals surface area contributed by atoms with E-state index in [1.807, 2.05) is 36.4 Å². The number of hydrogen-bond donors (Lipinski definition) is 2. The normalized spacial score (nSPS) is 16.2. The van der Waals surface area contributed by atoms with Gasteiger partial charge >= 0.3 is 0 Å². The van der Waals surface area contributed by atoms with Gasteiger partial charge in [-0.2, -0.15) is 0 Å². The van der Waals surface area contributed by atoms with Crippen LogP contribution in [0.3, 0.4) is 0 Å². The maximum Gasteiger partial charge on any atom is 0.170 e. The van der Waals surface area contributed by atoms with Gasteiger partial charge in [0.2, 0.25) is 0 Å². The second-order valence-electron chi connectivity index (χ2n) is 5.59. The van der Waals surface area contributed by atoms with Gasteiger partial charge in [0.25, 0.3) is 0 Å². The fraction of sp³-hybridized carbons (Fsp3) is 0.353. The van der Waals surface area contributed by atoms with E-state index in [0.29, 0.717) is 16.7 Å². The third-order valence-electron chi connectivity index (χ3n) is 4.03. The molecule has 2 N–H and O–H groups in total. The van der Waals surface area contributed by atoms with E-state index in [9.17, 15) is 0 Å². The minimum Gasteiger partial charge on any atom is -0.468 e. The van der Waals surface area contributed by atoms with E-state index >= 15 is 0 Å². The van der Waals surface area contributed by atoms with Crippen molar-refractivity contribution in [1.82, 2.24) is 10.2 Å². The number of nitrogens with one attached hydrogen (secondary N) is 2. The number of nitrogens with zero attached hydrogens (tertiary/aromatic N) is 1. The lowest BCUT2D eigenvalue weighted by Gasteiger charge is -2.26. The number of furan rings is 1. The summed E-state index contributed by atoms with van der Waals surface area (Å²) in [5.41, 5.74) is 0.808. The van der Waals surface area contributed by atoms with Crippen LogP contribution in [0.2, 0.25) is 5.02 Å². The summed E-state index contributed by atoms with van der Waals surface area (Å²) in [5.74, 6) is 0.972. The van der Waals surface area contributed by atoms with Crippen molar-refractivity contribution in [2.45, 2.75) is 18.9 Å². The third-order valence-corrected chi connectivity index (χ3v) is 4.61. The lowest BCUT2D eigenvalue weighted by Crippen LogP contribution is -2.38. The minimum atomic E-state index is 0.193. The number of thiocarbonyl (C=S) groups is 1. The van der Waals surface area contributed by atoms with E-state index < -0.39 is 0 Å². The Morgan fingerprint density at radius 2 is 2.00 bits per heavy atom. The Balaban J connectivity index is 1.60. The van der Waals surface area contributed by atoms with Crippen LogP contribution in [0.1, 0.15) is 24.6 Å². The largest absolute Gasteiger partial charge is 0.468 e. The van der Waals surface area contributed by atoms with Gasteiger partial charge in [0.15, 0.2) is 5.11 Å². The number of anilines is 1. The Kier molecular flexibility index (Phi) is 5.54. The fourth-order valence-corrected chi connectivity index (χ4v) is 3.24. The van der Waals surface area contributed by atoms with Crippen LogP contribution < -0.4 is 10.6 Å². The summed E-state index contributed by atoms with van der Waals surface area (Å²) in [5, 5.41) is 7.64. The van der Waals surface area contributed by atoms with Gasteiger partial charge in [-0.15, -0.1) is 0 Å². The molecule has 1 unspecified atom stereocenters. The van der Waals surface area contributed by atoms with Gasteiger partial charge in [-0.25, -0.2) is 0 Å². The second-order valence-corrected chi connectivity index (χ2v) is 6.40. The summed E-state index contributed by atoms with van der Waals surface area (Å²) in [6.45, 7) is 2.89. The molecule has 1 aromatic carbocycles. The van der Waals surface area contributed by atoms with Crippen molar-refractivity contribution in [2.75, 3.05) is 25.0 Å². The quantitative estimate of drug-likeness (QED) is 0.797. The molecule has 0 amide bonds. The van der Waals surface area contributed by atoms with E-state index in [4.69, 9.17) is 28.2 Å². The number of rotatable bonds is 5. The van der Waals surface area contributed by atoms with E-state index in [-0.39, 0.29) is 6.04 Å². The maximum absolute atomic E-state index is 6.14. The van der Waals surface area contributed by atoms with Crippen LogP contribution in [-0.2, 0) is 0 Å². The smallest absolute Gasteiger partial charge is 0.170 e. The highest BCUT2D eigenvalue weighted by Gasteiger charge is 2.25. The lowest BCUT2D eigenvalue weighted by atomic mass is 10.2. The number of likely N-dealkylation sites (tertiary alicyclic amines) is 1. The Labute approximate surface area is 146 Å². The summed E-state index contributed by atoms with van der Waals surface area (Å²) in [6.07, 6.45) is 4.19. The number of para-hydroxylation sites is 1. The fourth-order valence-electron chi connectivity index (χ4n) is 2.86. The van der Waals surface area contributed by atoms with E-state index in [2.05, 4.69) is 15.5 Å². The molecule has 3 rings (SSSR count). The van der Waals surface area contributed by atoms with Gasteiger partial charge in [0, 0.05) is 6.54 Å². The van der Waals surface area contributed by atoms with Crippen LogP contribution in [0.15, 0.2) is 47.1 Å². The number of halogens is 1. The van der Waals surface area contributed by atoms with Crippen LogP contribution in [0.5, 0.6) is 0 Å². The van der Waals surface area contributed by atoms with Crippen LogP contribution in [0.4, 0.5) is 5.69 Å². The highest BCUT2D eigenvalue weighted by molar-refractivity contribution is 7.80. The van der Waals surface area contributed by atoms with Crippen molar-refractivity contribution in [1.29, 1.82) is 0 Å². The zero-order valence-corrected chi connectivity index (χ0v) is 14.4. The molecule has 122 valence electrons. The first kappa shape index (κ1) is 16.3. The number of hydrogen-bond acceptors (Lipinski definition) is 3. The molecule has 1 aliphatic rings. The second kappa shape index (κ2) is 7.81. The van der Waals surface area contributed by atoms with Gasteiger partial charge in [0.1, 0.15) is 5.76 Å². The van der Waals surface area contributed by atoms with Crippen molar-refractivity contribution in [3.63, 3.8) is 0 Å². The van der Waals surface area contributed by atoms with Crippen LogP contribution in [0.25, 0.3) is 0 Å². The van der Waals surface area contributed by atoms with Crippen molar-refractivity contribution in [3.8, 4) is 0 Å². The van der Waals surface area contributed by atoms with Crippen molar-refractivity contribution in [2.24, 2.45) is 0 Å². The summed E-state index contributed by atoms with van der Waals surface area (Å²) < 4.78 is 5.61. The molecule has 2 heterocycles. The Morgan fingerprint density at radius 3 is 2.70 bits per heavy atom. The Bertz CT molecular complexity index is 641. The molecule has 23 heavy (non-hydrogen) atoms. The SMILES string of the molecule is S=C(NCC(c1ccco1)N1CCCC1)Nc1ccccc1Cl. The Hall–Kier alpha value is -1.56. The summed E-state index contributed by atoms with van der Waals surface area (Å²) in [7, 11) is 0. The molecule has 2 aromatic rings. The first-order chi connectivity index (χ1) is 11.2. The highest BCUT2D eigenvalue weighted by Crippen LogP contribution is 2.25. The molecular weight excluding hydrogens is 330 g/mol. The summed E-state index contributed by atoms with van der Waals surface area (Å²) in [4.78, 5) is 2.43. The monoisotopic (exact) mass is 349 g/mol. The summed E-state index contributed by atoms with van der Waals surface area (Å²) in [6, 6.07) is 11.7. The van der Waals surface area contributed by atoms with Gasteiger partial charge in [-0.1, -0.05) is 23.7 Å². The first-order valence-electron chi connectivity index (χ1n) is 7.81.